The van der Waals surface area contributed by atoms with Crippen molar-refractivity contribution in [3.8, 4) is 0 Å². The van der Waals surface area contributed by atoms with E-state index in [1.807, 2.05) is 43.3 Å². The Balaban J connectivity index is 2.63. The van der Waals surface area contributed by atoms with Crippen LogP contribution in [0, 0.1) is 6.92 Å². The van der Waals surface area contributed by atoms with Gasteiger partial charge in [-0.2, -0.15) is 0 Å². The van der Waals surface area contributed by atoms with Gasteiger partial charge in [-0.25, -0.2) is 0 Å². The van der Waals surface area contributed by atoms with E-state index in [1.165, 1.54) is 5.56 Å². The molecule has 2 aromatic rings. The first kappa shape index (κ1) is 12.1. The van der Waals surface area contributed by atoms with Crippen LogP contribution in [0.3, 0.4) is 0 Å². The fourth-order valence-electron chi connectivity index (χ4n) is 2.02. The monoisotopic (exact) mass is 246 g/mol. The minimum Gasteiger partial charge on any atom is -0.292 e. The second-order valence-corrected chi connectivity index (χ2v) is 4.74. The second-order valence-electron chi connectivity index (χ2n) is 4.22. The molecule has 0 amide bonds. The van der Waals surface area contributed by atoms with Crippen molar-refractivity contribution in [1.29, 1.82) is 0 Å². The van der Waals surface area contributed by atoms with Crippen molar-refractivity contribution in [2.75, 3.05) is 0 Å². The highest BCUT2D eigenvalue weighted by Crippen LogP contribution is 2.24. The summed E-state index contributed by atoms with van der Waals surface area (Å²) in [5.74, 6) is 0.0189. The zero-order valence-electron chi connectivity index (χ0n) is 10.0. The molecule has 2 rings (SSSR count). The number of Topliss-reactive ketones (excluding diaryl/α,β-unsaturated/α-hetero) is 1. The summed E-state index contributed by atoms with van der Waals surface area (Å²) < 4.78 is 0. The number of fused-ring (bicyclic) bond motifs is 1. The highest BCUT2D eigenvalue weighted by atomic mass is 35.5. The van der Waals surface area contributed by atoms with Crippen LogP contribution in [-0.4, -0.2) is 11.2 Å². The summed E-state index contributed by atoms with van der Waals surface area (Å²) in [7, 11) is 0. The van der Waals surface area contributed by atoms with Gasteiger partial charge in [0.2, 0.25) is 0 Å². The summed E-state index contributed by atoms with van der Waals surface area (Å²) >= 11 is 6.04. The SMILES string of the molecule is CCC(Cl)C(=O)c1ccc(C)c2ccccc12. The first-order valence-electron chi connectivity index (χ1n) is 5.81. The molecule has 88 valence electrons. The third kappa shape index (κ3) is 2.20. The maximum absolute atomic E-state index is 12.2. The number of rotatable bonds is 3. The molecule has 1 nitrogen and oxygen atoms in total. The molecule has 0 fully saturated rings. The fraction of sp³-hybridized carbons (Fsp3) is 0.267. The molecule has 0 aliphatic carbocycles. The lowest BCUT2D eigenvalue weighted by Gasteiger charge is -2.10. The van der Waals surface area contributed by atoms with E-state index < -0.39 is 5.38 Å². The maximum atomic E-state index is 12.2. The number of alkyl halides is 1. The number of carbonyl (C=O) groups excluding carboxylic acids is 1. The molecule has 2 heteroatoms. The molecule has 0 aliphatic rings. The highest BCUT2D eigenvalue weighted by molar-refractivity contribution is 6.35. The molecule has 2 aromatic carbocycles. The minimum atomic E-state index is -0.430. The van der Waals surface area contributed by atoms with E-state index in [-0.39, 0.29) is 5.78 Å². The van der Waals surface area contributed by atoms with Crippen molar-refractivity contribution in [3.05, 3.63) is 47.5 Å². The molecule has 1 atom stereocenters. The Labute approximate surface area is 106 Å². The van der Waals surface area contributed by atoms with E-state index in [0.717, 1.165) is 16.3 Å². The van der Waals surface area contributed by atoms with E-state index in [2.05, 4.69) is 6.92 Å². The van der Waals surface area contributed by atoms with Gasteiger partial charge in [-0.1, -0.05) is 43.3 Å². The average Bonchev–Trinajstić information content (AvgIpc) is 2.38. The van der Waals surface area contributed by atoms with Gasteiger partial charge in [0.1, 0.15) is 0 Å². The smallest absolute Gasteiger partial charge is 0.181 e. The largest absolute Gasteiger partial charge is 0.292 e. The van der Waals surface area contributed by atoms with Gasteiger partial charge in [-0.05, 0) is 29.7 Å². The number of hydrogen-bond donors (Lipinski definition) is 0. The predicted molar refractivity (Wildman–Crippen MR) is 72.9 cm³/mol. The Morgan fingerprint density at radius 3 is 2.47 bits per heavy atom. The van der Waals surface area contributed by atoms with E-state index in [0.29, 0.717) is 6.42 Å². The van der Waals surface area contributed by atoms with Crippen LogP contribution in [0.2, 0.25) is 0 Å². The Hall–Kier alpha value is -1.34. The van der Waals surface area contributed by atoms with E-state index in [9.17, 15) is 4.79 Å². The van der Waals surface area contributed by atoms with E-state index in [4.69, 9.17) is 11.6 Å². The van der Waals surface area contributed by atoms with Gasteiger partial charge in [0.05, 0.1) is 5.38 Å². The molecule has 17 heavy (non-hydrogen) atoms. The Morgan fingerprint density at radius 2 is 1.82 bits per heavy atom. The van der Waals surface area contributed by atoms with Crippen LogP contribution in [0.15, 0.2) is 36.4 Å². The topological polar surface area (TPSA) is 17.1 Å². The van der Waals surface area contributed by atoms with Gasteiger partial charge in [0, 0.05) is 5.56 Å². The number of benzene rings is 2. The van der Waals surface area contributed by atoms with E-state index in [1.54, 1.807) is 0 Å². The van der Waals surface area contributed by atoms with Gasteiger partial charge in [0.15, 0.2) is 5.78 Å². The number of carbonyl (C=O) groups is 1. The van der Waals surface area contributed by atoms with Crippen molar-refractivity contribution < 1.29 is 4.79 Å². The van der Waals surface area contributed by atoms with Gasteiger partial charge in [-0.3, -0.25) is 4.79 Å². The second kappa shape index (κ2) is 4.89. The molecule has 1 unspecified atom stereocenters. The first-order valence-corrected chi connectivity index (χ1v) is 6.25. The molecular weight excluding hydrogens is 232 g/mol. The molecule has 0 radical (unpaired) electrons. The molecule has 0 aliphatic heterocycles. The quantitative estimate of drug-likeness (QED) is 0.581. The number of halogens is 1. The summed E-state index contributed by atoms with van der Waals surface area (Å²) in [6.07, 6.45) is 0.655. The minimum absolute atomic E-state index is 0.0189. The zero-order valence-corrected chi connectivity index (χ0v) is 10.8. The Kier molecular flexibility index (Phi) is 3.49. The van der Waals surface area contributed by atoms with Crippen LogP contribution in [0.25, 0.3) is 10.8 Å². The zero-order chi connectivity index (χ0) is 12.4. The number of ketones is 1. The van der Waals surface area contributed by atoms with Crippen LogP contribution in [0.4, 0.5) is 0 Å². The van der Waals surface area contributed by atoms with Gasteiger partial charge in [-0.15, -0.1) is 11.6 Å². The van der Waals surface area contributed by atoms with Crippen LogP contribution >= 0.6 is 11.6 Å². The summed E-state index contributed by atoms with van der Waals surface area (Å²) in [4.78, 5) is 12.2. The van der Waals surface area contributed by atoms with Crippen molar-refractivity contribution in [3.63, 3.8) is 0 Å². The molecule has 0 saturated heterocycles. The standard InChI is InChI=1S/C15H15ClO/c1-3-14(16)15(17)13-9-8-10(2)11-6-4-5-7-12(11)13/h4-9,14H,3H2,1-2H3. The van der Waals surface area contributed by atoms with Crippen LogP contribution in [0.1, 0.15) is 29.3 Å². The van der Waals surface area contributed by atoms with Gasteiger partial charge in [0.25, 0.3) is 0 Å². The van der Waals surface area contributed by atoms with Gasteiger partial charge < -0.3 is 0 Å². The molecule has 0 saturated carbocycles. The lowest BCUT2D eigenvalue weighted by atomic mass is 9.96. The van der Waals surface area contributed by atoms with E-state index >= 15 is 0 Å². The Morgan fingerprint density at radius 1 is 1.18 bits per heavy atom. The van der Waals surface area contributed by atoms with Crippen LogP contribution in [0.5, 0.6) is 0 Å². The molecule has 0 spiro atoms. The number of aryl methyl sites for hydroxylation is 1. The van der Waals surface area contributed by atoms with Crippen molar-refractivity contribution in [2.45, 2.75) is 25.6 Å². The number of hydrogen-bond acceptors (Lipinski definition) is 1. The summed E-state index contributed by atoms with van der Waals surface area (Å²) in [6.45, 7) is 3.97. The maximum Gasteiger partial charge on any atom is 0.181 e. The highest BCUT2D eigenvalue weighted by Gasteiger charge is 2.17. The lowest BCUT2D eigenvalue weighted by molar-refractivity contribution is 0.0987. The van der Waals surface area contributed by atoms with Crippen molar-refractivity contribution >= 4 is 28.2 Å². The molecule has 0 aromatic heterocycles. The third-order valence-electron chi connectivity index (χ3n) is 3.05. The summed E-state index contributed by atoms with van der Waals surface area (Å²) in [5, 5.41) is 1.69. The molecule has 0 heterocycles. The summed E-state index contributed by atoms with van der Waals surface area (Å²) in [5.41, 5.74) is 1.91. The van der Waals surface area contributed by atoms with Crippen molar-refractivity contribution in [2.24, 2.45) is 0 Å². The van der Waals surface area contributed by atoms with Crippen molar-refractivity contribution in [1.82, 2.24) is 0 Å². The average molecular weight is 247 g/mol. The molecule has 0 N–H and O–H groups in total. The first-order chi connectivity index (χ1) is 8.15. The lowest BCUT2D eigenvalue weighted by Crippen LogP contribution is -2.14. The van der Waals surface area contributed by atoms with Crippen LogP contribution < -0.4 is 0 Å². The van der Waals surface area contributed by atoms with Crippen LogP contribution in [-0.2, 0) is 0 Å². The molecule has 0 bridgehead atoms. The predicted octanol–water partition coefficient (Wildman–Crippen LogP) is 4.35. The molecular formula is C15H15ClO. The fourth-order valence-corrected chi connectivity index (χ4v) is 2.14. The normalized spacial score (nSPS) is 12.6. The summed E-state index contributed by atoms with van der Waals surface area (Å²) in [6, 6.07) is 11.8. The Bertz CT molecular complexity index is 560. The third-order valence-corrected chi connectivity index (χ3v) is 3.56. The van der Waals surface area contributed by atoms with Gasteiger partial charge >= 0.3 is 0 Å².